The molecule has 84 valence electrons. The number of rotatable bonds is 4. The summed E-state index contributed by atoms with van der Waals surface area (Å²) in [5, 5.41) is 0. The molecule has 0 aliphatic carbocycles. The zero-order chi connectivity index (χ0) is 11.8. The zero-order valence-electron chi connectivity index (χ0n) is 9.56. The van der Waals surface area contributed by atoms with Crippen LogP contribution in [0.25, 0.3) is 0 Å². The molecule has 3 nitrogen and oxygen atoms in total. The molecule has 0 radical (unpaired) electrons. The highest BCUT2D eigenvalue weighted by Gasteiger charge is 1.92. The van der Waals surface area contributed by atoms with E-state index in [2.05, 4.69) is 11.8 Å². The molecule has 0 saturated carbocycles. The molecule has 0 heterocycles. The average Bonchev–Trinajstić information content (AvgIpc) is 2.29. The molecule has 0 aromatic heterocycles. The zero-order valence-corrected chi connectivity index (χ0v) is 9.56. The van der Waals surface area contributed by atoms with E-state index in [1.54, 1.807) is 24.3 Å². The Morgan fingerprint density at radius 2 is 1.94 bits per heavy atom. The molecule has 3 heteroatoms. The van der Waals surface area contributed by atoms with Crippen LogP contribution in [0.2, 0.25) is 0 Å². The first-order valence-electron chi connectivity index (χ1n) is 5.01. The van der Waals surface area contributed by atoms with Crippen LogP contribution in [0.5, 0.6) is 5.75 Å². The molecule has 0 bridgehead atoms. The van der Waals surface area contributed by atoms with Crippen molar-refractivity contribution in [1.82, 2.24) is 4.90 Å². The van der Waals surface area contributed by atoms with Gasteiger partial charge in [0.25, 0.3) is 0 Å². The van der Waals surface area contributed by atoms with Gasteiger partial charge in [0, 0.05) is 5.56 Å². The van der Waals surface area contributed by atoms with Gasteiger partial charge in [-0.25, -0.2) is 0 Å². The van der Waals surface area contributed by atoms with Crippen molar-refractivity contribution in [3.63, 3.8) is 0 Å². The Kier molecular flexibility index (Phi) is 5.10. The molecule has 0 fully saturated rings. The van der Waals surface area contributed by atoms with Crippen LogP contribution in [-0.4, -0.2) is 38.4 Å². The minimum Gasteiger partial charge on any atom is -0.481 e. The van der Waals surface area contributed by atoms with E-state index in [0.29, 0.717) is 12.2 Å². The van der Waals surface area contributed by atoms with Crippen molar-refractivity contribution in [2.45, 2.75) is 0 Å². The second-order valence-electron chi connectivity index (χ2n) is 3.57. The fourth-order valence-electron chi connectivity index (χ4n) is 1.03. The van der Waals surface area contributed by atoms with Gasteiger partial charge in [-0.2, -0.15) is 0 Å². The number of hydrogen-bond donors (Lipinski definition) is 0. The van der Waals surface area contributed by atoms with Crippen LogP contribution in [0, 0.1) is 11.8 Å². The molecule has 1 rings (SSSR count). The van der Waals surface area contributed by atoms with Gasteiger partial charge in [-0.15, -0.1) is 0 Å². The maximum absolute atomic E-state index is 10.4. The van der Waals surface area contributed by atoms with Crippen molar-refractivity contribution in [3.05, 3.63) is 29.8 Å². The second kappa shape index (κ2) is 6.65. The number of nitrogens with zero attached hydrogens (tertiary/aromatic N) is 1. The summed E-state index contributed by atoms with van der Waals surface area (Å²) in [4.78, 5) is 12.4. The summed E-state index contributed by atoms with van der Waals surface area (Å²) in [5.74, 6) is 6.61. The van der Waals surface area contributed by atoms with Crippen LogP contribution in [0.1, 0.15) is 10.4 Å². The Hall–Kier alpha value is -1.79. The van der Waals surface area contributed by atoms with E-state index in [-0.39, 0.29) is 0 Å². The van der Waals surface area contributed by atoms with Crippen molar-refractivity contribution in [1.29, 1.82) is 0 Å². The Labute approximate surface area is 96.0 Å². The molecule has 0 amide bonds. The number of benzene rings is 1. The Morgan fingerprint density at radius 1 is 1.25 bits per heavy atom. The molecule has 0 N–H and O–H groups in total. The van der Waals surface area contributed by atoms with Crippen molar-refractivity contribution >= 4 is 6.29 Å². The largest absolute Gasteiger partial charge is 0.481 e. The van der Waals surface area contributed by atoms with E-state index in [1.807, 2.05) is 19.0 Å². The van der Waals surface area contributed by atoms with Gasteiger partial charge in [0.1, 0.15) is 18.6 Å². The molecule has 1 aromatic rings. The van der Waals surface area contributed by atoms with E-state index in [4.69, 9.17) is 4.74 Å². The summed E-state index contributed by atoms with van der Waals surface area (Å²) < 4.78 is 5.38. The van der Waals surface area contributed by atoms with Crippen LogP contribution in [0.3, 0.4) is 0 Å². The van der Waals surface area contributed by atoms with E-state index in [9.17, 15) is 4.79 Å². The quantitative estimate of drug-likeness (QED) is 0.564. The first-order chi connectivity index (χ1) is 7.72. The Morgan fingerprint density at radius 3 is 2.50 bits per heavy atom. The smallest absolute Gasteiger partial charge is 0.150 e. The SMILES string of the molecule is CN(C)CC#CCOc1ccc(C=O)cc1. The molecule has 0 unspecified atom stereocenters. The lowest BCUT2D eigenvalue weighted by atomic mass is 10.2. The van der Waals surface area contributed by atoms with Crippen LogP contribution in [-0.2, 0) is 0 Å². The lowest BCUT2D eigenvalue weighted by Crippen LogP contribution is -2.11. The lowest BCUT2D eigenvalue weighted by molar-refractivity contribution is 0.112. The van der Waals surface area contributed by atoms with Gasteiger partial charge >= 0.3 is 0 Å². The lowest BCUT2D eigenvalue weighted by Gasteiger charge is -2.02. The average molecular weight is 217 g/mol. The highest BCUT2D eigenvalue weighted by atomic mass is 16.5. The van der Waals surface area contributed by atoms with Crippen LogP contribution in [0.15, 0.2) is 24.3 Å². The fourth-order valence-corrected chi connectivity index (χ4v) is 1.03. The molecular formula is C13H15NO2. The number of ether oxygens (including phenoxy) is 1. The molecule has 16 heavy (non-hydrogen) atoms. The third kappa shape index (κ3) is 4.63. The Balaban J connectivity index is 2.36. The second-order valence-corrected chi connectivity index (χ2v) is 3.57. The van der Waals surface area contributed by atoms with E-state index in [0.717, 1.165) is 18.6 Å². The van der Waals surface area contributed by atoms with Gasteiger partial charge in [0.05, 0.1) is 6.54 Å². The summed E-state index contributed by atoms with van der Waals surface area (Å²) in [6, 6.07) is 6.96. The third-order valence-corrected chi connectivity index (χ3v) is 1.85. The van der Waals surface area contributed by atoms with Crippen molar-refractivity contribution in [2.24, 2.45) is 0 Å². The van der Waals surface area contributed by atoms with Gasteiger partial charge < -0.3 is 4.74 Å². The van der Waals surface area contributed by atoms with Crippen LogP contribution >= 0.6 is 0 Å². The number of aldehydes is 1. The Bertz CT molecular complexity index is 385. The molecule has 0 aliphatic heterocycles. The fraction of sp³-hybridized carbons (Fsp3) is 0.308. The van der Waals surface area contributed by atoms with Crippen LogP contribution < -0.4 is 4.74 Å². The molecule has 0 atom stereocenters. The molecule has 1 aromatic carbocycles. The summed E-state index contributed by atoms with van der Waals surface area (Å²) >= 11 is 0. The van der Waals surface area contributed by atoms with E-state index in [1.165, 1.54) is 0 Å². The van der Waals surface area contributed by atoms with Gasteiger partial charge in [-0.1, -0.05) is 11.8 Å². The number of hydrogen-bond acceptors (Lipinski definition) is 3. The van der Waals surface area contributed by atoms with Gasteiger partial charge in [0.15, 0.2) is 0 Å². The van der Waals surface area contributed by atoms with Crippen molar-refractivity contribution in [3.8, 4) is 17.6 Å². The molecular weight excluding hydrogens is 202 g/mol. The first kappa shape index (κ1) is 12.3. The topological polar surface area (TPSA) is 29.5 Å². The summed E-state index contributed by atoms with van der Waals surface area (Å²) in [6.45, 7) is 1.10. The summed E-state index contributed by atoms with van der Waals surface area (Å²) in [6.07, 6.45) is 0.806. The predicted molar refractivity (Wildman–Crippen MR) is 63.7 cm³/mol. The van der Waals surface area contributed by atoms with Gasteiger partial charge in [-0.3, -0.25) is 9.69 Å². The normalized spacial score (nSPS) is 9.44. The van der Waals surface area contributed by atoms with E-state index < -0.39 is 0 Å². The van der Waals surface area contributed by atoms with Crippen molar-refractivity contribution in [2.75, 3.05) is 27.2 Å². The van der Waals surface area contributed by atoms with E-state index >= 15 is 0 Å². The van der Waals surface area contributed by atoms with Gasteiger partial charge in [-0.05, 0) is 38.4 Å². The molecule has 0 saturated heterocycles. The standard InChI is InChI=1S/C13H15NO2/c1-14(2)9-3-4-10-16-13-7-5-12(11-15)6-8-13/h5-8,11H,9-10H2,1-2H3. The van der Waals surface area contributed by atoms with Gasteiger partial charge in [0.2, 0.25) is 0 Å². The minimum absolute atomic E-state index is 0.369. The number of carbonyl (C=O) groups excluding carboxylic acids is 1. The summed E-state index contributed by atoms with van der Waals surface area (Å²) in [7, 11) is 3.93. The highest BCUT2D eigenvalue weighted by molar-refractivity contribution is 5.74. The predicted octanol–water partition coefficient (Wildman–Crippen LogP) is 1.44. The summed E-state index contributed by atoms with van der Waals surface area (Å²) in [5.41, 5.74) is 0.644. The minimum atomic E-state index is 0.369. The highest BCUT2D eigenvalue weighted by Crippen LogP contribution is 2.10. The maximum atomic E-state index is 10.4. The first-order valence-corrected chi connectivity index (χ1v) is 5.01. The van der Waals surface area contributed by atoms with Crippen molar-refractivity contribution < 1.29 is 9.53 Å². The van der Waals surface area contributed by atoms with Crippen LogP contribution in [0.4, 0.5) is 0 Å². The maximum Gasteiger partial charge on any atom is 0.150 e. The molecule has 0 aliphatic rings. The number of carbonyl (C=O) groups is 1. The molecule has 0 spiro atoms. The monoisotopic (exact) mass is 217 g/mol. The third-order valence-electron chi connectivity index (χ3n) is 1.85.